The molecule has 0 radical (unpaired) electrons. The highest BCUT2D eigenvalue weighted by Gasteiger charge is 2.04. The number of aliphatic hydroxyl groups is 1. The van der Waals surface area contributed by atoms with Gasteiger partial charge in [0.15, 0.2) is 0 Å². The first-order chi connectivity index (χ1) is 10.2. The van der Waals surface area contributed by atoms with E-state index in [4.69, 9.17) is 5.11 Å². The molecular formula is C18H36O3. The van der Waals surface area contributed by atoms with Gasteiger partial charge in [0, 0.05) is 6.42 Å². The Morgan fingerprint density at radius 3 is 1.67 bits per heavy atom. The topological polar surface area (TPSA) is 57.5 Å². The maximum Gasteiger partial charge on any atom is 0.303 e. The Morgan fingerprint density at radius 2 is 1.19 bits per heavy atom. The van der Waals surface area contributed by atoms with Crippen LogP contribution in [0, 0.1) is 0 Å². The molecule has 0 rings (SSSR count). The molecule has 3 heteroatoms. The van der Waals surface area contributed by atoms with Crippen LogP contribution in [0.25, 0.3) is 0 Å². The smallest absolute Gasteiger partial charge is 0.303 e. The number of rotatable bonds is 16. The number of aliphatic hydroxyl groups excluding tert-OH is 1. The van der Waals surface area contributed by atoms with E-state index in [1.54, 1.807) is 0 Å². The molecule has 1 unspecified atom stereocenters. The van der Waals surface area contributed by atoms with Crippen LogP contribution in [0.2, 0.25) is 0 Å². The number of carboxylic acid groups (broad SMARTS) is 1. The summed E-state index contributed by atoms with van der Waals surface area (Å²) in [5, 5.41) is 18.4. The molecule has 0 aromatic rings. The Balaban J connectivity index is 3.16. The van der Waals surface area contributed by atoms with Gasteiger partial charge in [-0.2, -0.15) is 0 Å². The number of hydrogen-bond acceptors (Lipinski definition) is 2. The molecule has 1 atom stereocenters. The van der Waals surface area contributed by atoms with Gasteiger partial charge in [-0.05, 0) is 19.3 Å². The van der Waals surface area contributed by atoms with Gasteiger partial charge in [-0.3, -0.25) is 4.79 Å². The van der Waals surface area contributed by atoms with Crippen molar-refractivity contribution in [1.29, 1.82) is 0 Å². The molecule has 3 nitrogen and oxygen atoms in total. The van der Waals surface area contributed by atoms with Crippen LogP contribution < -0.4 is 0 Å². The van der Waals surface area contributed by atoms with Crippen molar-refractivity contribution in [2.75, 3.05) is 0 Å². The lowest BCUT2D eigenvalue weighted by molar-refractivity contribution is -0.137. The second-order valence-corrected chi connectivity index (χ2v) is 6.26. The van der Waals surface area contributed by atoms with Gasteiger partial charge in [0.1, 0.15) is 0 Å². The van der Waals surface area contributed by atoms with Gasteiger partial charge in [0.2, 0.25) is 0 Å². The largest absolute Gasteiger partial charge is 0.481 e. The summed E-state index contributed by atoms with van der Waals surface area (Å²) in [4.78, 5) is 10.3. The maximum absolute atomic E-state index is 10.3. The lowest BCUT2D eigenvalue weighted by Gasteiger charge is -2.10. The van der Waals surface area contributed by atoms with Crippen LogP contribution in [0.15, 0.2) is 0 Å². The molecule has 0 aliphatic rings. The molecule has 0 aliphatic heterocycles. The normalized spacial score (nSPS) is 12.5. The highest BCUT2D eigenvalue weighted by atomic mass is 16.4. The fraction of sp³-hybridized carbons (Fsp3) is 0.944. The molecule has 126 valence electrons. The summed E-state index contributed by atoms with van der Waals surface area (Å²) >= 11 is 0. The predicted octanol–water partition coefficient (Wildman–Crippen LogP) is 5.30. The molecule has 0 aromatic carbocycles. The van der Waals surface area contributed by atoms with Gasteiger partial charge in [0.25, 0.3) is 0 Å². The predicted molar refractivity (Wildman–Crippen MR) is 88.6 cm³/mol. The molecule has 0 aliphatic carbocycles. The first-order valence-electron chi connectivity index (χ1n) is 9.06. The van der Waals surface area contributed by atoms with E-state index in [-0.39, 0.29) is 6.10 Å². The number of aliphatic carboxylic acids is 1. The number of carbonyl (C=O) groups is 1. The molecule has 0 spiro atoms. The highest BCUT2D eigenvalue weighted by molar-refractivity contribution is 5.66. The molecule has 0 bridgehead atoms. The third kappa shape index (κ3) is 17.4. The zero-order chi connectivity index (χ0) is 15.8. The van der Waals surface area contributed by atoms with Crippen LogP contribution in [-0.2, 0) is 4.79 Å². The third-order valence-corrected chi connectivity index (χ3v) is 4.07. The van der Waals surface area contributed by atoms with Crippen molar-refractivity contribution < 1.29 is 15.0 Å². The minimum Gasteiger partial charge on any atom is -0.481 e. The zero-order valence-corrected chi connectivity index (χ0v) is 14.0. The average molecular weight is 300 g/mol. The highest BCUT2D eigenvalue weighted by Crippen LogP contribution is 2.14. The van der Waals surface area contributed by atoms with Crippen molar-refractivity contribution >= 4 is 5.97 Å². The van der Waals surface area contributed by atoms with E-state index in [1.165, 1.54) is 38.5 Å². The Bertz CT molecular complexity index is 229. The Kier molecular flexibility index (Phi) is 15.4. The fourth-order valence-corrected chi connectivity index (χ4v) is 2.67. The van der Waals surface area contributed by atoms with Crippen molar-refractivity contribution in [2.45, 2.75) is 109 Å². The second-order valence-electron chi connectivity index (χ2n) is 6.26. The lowest BCUT2D eigenvalue weighted by Crippen LogP contribution is -2.05. The monoisotopic (exact) mass is 300 g/mol. The van der Waals surface area contributed by atoms with Crippen molar-refractivity contribution in [3.8, 4) is 0 Å². The summed E-state index contributed by atoms with van der Waals surface area (Å²) in [6.07, 6.45) is 16.2. The van der Waals surface area contributed by atoms with Crippen LogP contribution in [0.1, 0.15) is 103 Å². The first kappa shape index (κ1) is 20.4. The van der Waals surface area contributed by atoms with E-state index in [2.05, 4.69) is 6.92 Å². The second kappa shape index (κ2) is 15.8. The standard InChI is InChI=1S/C18H36O3/c1-2-3-4-5-6-8-11-14-17(19)15-12-9-7-10-13-16-18(20)21/h17,19H,2-16H2,1H3,(H,20,21). The molecule has 0 saturated heterocycles. The average Bonchev–Trinajstić information content (AvgIpc) is 2.45. The Hall–Kier alpha value is -0.570. The molecular weight excluding hydrogens is 264 g/mol. The van der Waals surface area contributed by atoms with Gasteiger partial charge in [-0.25, -0.2) is 0 Å². The quantitative estimate of drug-likeness (QED) is 0.380. The molecule has 0 saturated carbocycles. The first-order valence-corrected chi connectivity index (χ1v) is 9.06. The summed E-state index contributed by atoms with van der Waals surface area (Å²) in [6, 6.07) is 0. The number of hydrogen-bond donors (Lipinski definition) is 2. The van der Waals surface area contributed by atoms with Gasteiger partial charge in [-0.15, -0.1) is 0 Å². The minimum absolute atomic E-state index is 0.125. The van der Waals surface area contributed by atoms with E-state index in [0.29, 0.717) is 6.42 Å². The van der Waals surface area contributed by atoms with Crippen molar-refractivity contribution in [2.24, 2.45) is 0 Å². The van der Waals surface area contributed by atoms with Crippen molar-refractivity contribution in [1.82, 2.24) is 0 Å². The van der Waals surface area contributed by atoms with Gasteiger partial charge in [0.05, 0.1) is 6.10 Å². The van der Waals surface area contributed by atoms with E-state index >= 15 is 0 Å². The third-order valence-electron chi connectivity index (χ3n) is 4.07. The van der Waals surface area contributed by atoms with Crippen LogP contribution in [0.5, 0.6) is 0 Å². The lowest BCUT2D eigenvalue weighted by atomic mass is 10.0. The van der Waals surface area contributed by atoms with E-state index in [9.17, 15) is 9.90 Å². The van der Waals surface area contributed by atoms with Crippen LogP contribution in [0.3, 0.4) is 0 Å². The van der Waals surface area contributed by atoms with Crippen molar-refractivity contribution in [3.63, 3.8) is 0 Å². The summed E-state index contributed by atoms with van der Waals surface area (Å²) in [7, 11) is 0. The molecule has 0 amide bonds. The van der Waals surface area contributed by atoms with E-state index in [0.717, 1.165) is 51.4 Å². The van der Waals surface area contributed by atoms with Crippen LogP contribution in [0.4, 0.5) is 0 Å². The number of carboxylic acids is 1. The fourth-order valence-electron chi connectivity index (χ4n) is 2.67. The van der Waals surface area contributed by atoms with Gasteiger partial charge >= 0.3 is 5.97 Å². The van der Waals surface area contributed by atoms with Crippen molar-refractivity contribution in [3.05, 3.63) is 0 Å². The van der Waals surface area contributed by atoms with Gasteiger partial charge < -0.3 is 10.2 Å². The summed E-state index contributed by atoms with van der Waals surface area (Å²) in [6.45, 7) is 2.24. The molecule has 0 heterocycles. The van der Waals surface area contributed by atoms with E-state index in [1.807, 2.05) is 0 Å². The molecule has 0 aromatic heterocycles. The SMILES string of the molecule is CCCCCCCCCC(O)CCCCCCCC(=O)O. The minimum atomic E-state index is -0.694. The summed E-state index contributed by atoms with van der Waals surface area (Å²) in [5.41, 5.74) is 0. The summed E-state index contributed by atoms with van der Waals surface area (Å²) in [5.74, 6) is -0.694. The Morgan fingerprint density at radius 1 is 0.762 bits per heavy atom. The maximum atomic E-state index is 10.3. The molecule has 21 heavy (non-hydrogen) atoms. The van der Waals surface area contributed by atoms with Crippen LogP contribution >= 0.6 is 0 Å². The zero-order valence-electron chi connectivity index (χ0n) is 14.0. The molecule has 0 fully saturated rings. The van der Waals surface area contributed by atoms with Crippen LogP contribution in [-0.4, -0.2) is 22.3 Å². The summed E-state index contributed by atoms with van der Waals surface area (Å²) < 4.78 is 0. The molecule has 2 N–H and O–H groups in total. The van der Waals surface area contributed by atoms with E-state index < -0.39 is 5.97 Å². The Labute approximate surface area is 131 Å². The number of unbranched alkanes of at least 4 members (excludes halogenated alkanes) is 10. The van der Waals surface area contributed by atoms with Gasteiger partial charge in [-0.1, -0.05) is 77.6 Å².